The number of carbonyl (C=O) groups is 2. The van der Waals surface area contributed by atoms with E-state index in [0.717, 1.165) is 33.4 Å². The molecule has 130 valence electrons. The summed E-state index contributed by atoms with van der Waals surface area (Å²) in [6.07, 6.45) is 2.59. The third-order valence-electron chi connectivity index (χ3n) is 4.72. The fraction of sp³-hybridized carbons (Fsp3) is 0.190. The van der Waals surface area contributed by atoms with Gasteiger partial charge in [-0.25, -0.2) is 0 Å². The van der Waals surface area contributed by atoms with E-state index in [1.54, 1.807) is 6.07 Å². The van der Waals surface area contributed by atoms with Gasteiger partial charge in [-0.3, -0.25) is 9.59 Å². The summed E-state index contributed by atoms with van der Waals surface area (Å²) in [4.78, 5) is 23.5. The zero-order valence-electron chi connectivity index (χ0n) is 14.7. The molecule has 0 aliphatic heterocycles. The molecule has 3 N–H and O–H groups in total. The van der Waals surface area contributed by atoms with Crippen molar-refractivity contribution in [3.8, 4) is 17.2 Å². The maximum Gasteiger partial charge on any atom is 0.249 e. The third kappa shape index (κ3) is 2.98. The van der Waals surface area contributed by atoms with Crippen LogP contribution in [0.2, 0.25) is 0 Å². The highest BCUT2D eigenvalue weighted by Crippen LogP contribution is 2.40. The van der Waals surface area contributed by atoms with Crippen LogP contribution in [0, 0.1) is 18.3 Å². The second-order valence-electron chi connectivity index (χ2n) is 6.33. The van der Waals surface area contributed by atoms with Crippen molar-refractivity contribution in [2.24, 2.45) is 5.73 Å². The first-order chi connectivity index (χ1) is 12.4. The first-order valence-corrected chi connectivity index (χ1v) is 8.33. The van der Waals surface area contributed by atoms with E-state index < -0.39 is 5.91 Å². The standard InChI is InChI=1S/C21H19N3O2/c1-12-6-7-16-17(21(23)26)9-8-15(20(12)16)14-4-3-5-18(13(14)2)24-19(25)10-11-22/h3-6,8-9H,7,10H2,1-2H3,(H2,23,26)(H,24,25). The average Bonchev–Trinajstić information content (AvgIpc) is 2.98. The van der Waals surface area contributed by atoms with Gasteiger partial charge < -0.3 is 11.1 Å². The van der Waals surface area contributed by atoms with Crippen molar-refractivity contribution >= 4 is 23.1 Å². The summed E-state index contributed by atoms with van der Waals surface area (Å²) < 4.78 is 0. The number of hydrogen-bond acceptors (Lipinski definition) is 3. The SMILES string of the molecule is CC1=CCc2c(C(N)=O)ccc(-c3cccc(NC(=O)CC#N)c3C)c21. The molecule has 1 aliphatic rings. The molecule has 0 radical (unpaired) electrons. The number of benzene rings is 2. The van der Waals surface area contributed by atoms with Crippen molar-refractivity contribution in [1.29, 1.82) is 5.26 Å². The molecule has 0 spiro atoms. The van der Waals surface area contributed by atoms with Crippen LogP contribution in [-0.2, 0) is 11.2 Å². The number of allylic oxidation sites excluding steroid dienone is 2. The molecule has 26 heavy (non-hydrogen) atoms. The number of hydrogen-bond donors (Lipinski definition) is 2. The van der Waals surface area contributed by atoms with Gasteiger partial charge in [-0.1, -0.05) is 24.3 Å². The lowest BCUT2D eigenvalue weighted by Crippen LogP contribution is -2.14. The molecule has 5 heteroatoms. The molecule has 2 aromatic carbocycles. The molecule has 3 rings (SSSR count). The molecule has 2 amide bonds. The van der Waals surface area contributed by atoms with Gasteiger partial charge in [0.1, 0.15) is 6.42 Å². The van der Waals surface area contributed by atoms with Crippen molar-refractivity contribution in [3.63, 3.8) is 0 Å². The zero-order chi connectivity index (χ0) is 18.8. The monoisotopic (exact) mass is 345 g/mol. The summed E-state index contributed by atoms with van der Waals surface area (Å²) in [7, 11) is 0. The van der Waals surface area contributed by atoms with Gasteiger partial charge in [-0.05, 0) is 65.8 Å². The average molecular weight is 345 g/mol. The molecule has 5 nitrogen and oxygen atoms in total. The van der Waals surface area contributed by atoms with Crippen LogP contribution in [0.1, 0.15) is 40.4 Å². The van der Waals surface area contributed by atoms with Gasteiger partial charge in [-0.2, -0.15) is 5.26 Å². The van der Waals surface area contributed by atoms with Crippen LogP contribution >= 0.6 is 0 Å². The first kappa shape index (κ1) is 17.4. The number of fused-ring (bicyclic) bond motifs is 1. The second-order valence-corrected chi connectivity index (χ2v) is 6.33. The number of primary amides is 1. The molecular formula is C21H19N3O2. The highest BCUT2D eigenvalue weighted by molar-refractivity contribution is 6.00. The fourth-order valence-electron chi connectivity index (χ4n) is 3.45. The molecular weight excluding hydrogens is 326 g/mol. The van der Waals surface area contributed by atoms with E-state index in [1.807, 2.05) is 44.2 Å². The summed E-state index contributed by atoms with van der Waals surface area (Å²) in [5.74, 6) is -0.761. The number of nitrogens with one attached hydrogen (secondary N) is 1. The Hall–Kier alpha value is -3.39. The summed E-state index contributed by atoms with van der Waals surface area (Å²) in [6, 6.07) is 11.2. The summed E-state index contributed by atoms with van der Waals surface area (Å²) in [6.45, 7) is 3.95. The Labute approximate surface area is 152 Å². The van der Waals surface area contributed by atoms with E-state index in [2.05, 4.69) is 11.4 Å². The van der Waals surface area contributed by atoms with E-state index in [-0.39, 0.29) is 12.3 Å². The van der Waals surface area contributed by atoms with Crippen LogP contribution in [0.15, 0.2) is 36.4 Å². The van der Waals surface area contributed by atoms with Gasteiger partial charge in [0.2, 0.25) is 11.8 Å². The van der Waals surface area contributed by atoms with Crippen molar-refractivity contribution in [1.82, 2.24) is 0 Å². The van der Waals surface area contributed by atoms with E-state index in [4.69, 9.17) is 11.0 Å². The highest BCUT2D eigenvalue weighted by Gasteiger charge is 2.22. The molecule has 1 aliphatic carbocycles. The van der Waals surface area contributed by atoms with Crippen LogP contribution < -0.4 is 11.1 Å². The van der Waals surface area contributed by atoms with E-state index in [1.165, 1.54) is 0 Å². The lowest BCUT2D eigenvalue weighted by atomic mass is 9.89. The minimum Gasteiger partial charge on any atom is -0.366 e. The second kappa shape index (κ2) is 6.85. The van der Waals surface area contributed by atoms with E-state index >= 15 is 0 Å². The maximum absolute atomic E-state index is 11.8. The number of nitrogens with two attached hydrogens (primary N) is 1. The Balaban J connectivity index is 2.13. The quantitative estimate of drug-likeness (QED) is 0.886. The van der Waals surface area contributed by atoms with Crippen LogP contribution in [0.3, 0.4) is 0 Å². The largest absolute Gasteiger partial charge is 0.366 e. The van der Waals surface area contributed by atoms with Crippen LogP contribution in [-0.4, -0.2) is 11.8 Å². The molecule has 0 atom stereocenters. The third-order valence-corrected chi connectivity index (χ3v) is 4.72. The van der Waals surface area contributed by atoms with Gasteiger partial charge >= 0.3 is 0 Å². The van der Waals surface area contributed by atoms with Gasteiger partial charge in [0.25, 0.3) is 0 Å². The Morgan fingerprint density at radius 2 is 1.96 bits per heavy atom. The van der Waals surface area contributed by atoms with Crippen molar-refractivity contribution in [2.45, 2.75) is 26.7 Å². The Kier molecular flexibility index (Phi) is 4.59. The summed E-state index contributed by atoms with van der Waals surface area (Å²) in [5.41, 5.74) is 12.7. The maximum atomic E-state index is 11.8. The lowest BCUT2D eigenvalue weighted by molar-refractivity contribution is -0.115. The van der Waals surface area contributed by atoms with Crippen molar-refractivity contribution in [2.75, 3.05) is 5.32 Å². The minimum atomic E-state index is -0.426. The van der Waals surface area contributed by atoms with Gasteiger partial charge in [0, 0.05) is 11.3 Å². The van der Waals surface area contributed by atoms with Crippen LogP contribution in [0.25, 0.3) is 16.7 Å². The zero-order valence-corrected chi connectivity index (χ0v) is 14.7. The van der Waals surface area contributed by atoms with E-state index in [0.29, 0.717) is 17.7 Å². The molecule has 2 aromatic rings. The number of anilines is 1. The number of rotatable bonds is 4. The highest BCUT2D eigenvalue weighted by atomic mass is 16.1. The topological polar surface area (TPSA) is 96.0 Å². The molecule has 0 bridgehead atoms. The number of amides is 2. The van der Waals surface area contributed by atoms with Crippen LogP contribution in [0.5, 0.6) is 0 Å². The Morgan fingerprint density at radius 3 is 2.65 bits per heavy atom. The molecule has 0 heterocycles. The van der Waals surface area contributed by atoms with Gasteiger partial charge in [0.15, 0.2) is 0 Å². The Bertz CT molecular complexity index is 997. The van der Waals surface area contributed by atoms with Gasteiger partial charge in [-0.15, -0.1) is 0 Å². The fourth-order valence-corrected chi connectivity index (χ4v) is 3.45. The van der Waals surface area contributed by atoms with Crippen molar-refractivity contribution < 1.29 is 9.59 Å². The minimum absolute atomic E-state index is 0.186. The predicted molar refractivity (Wildman–Crippen MR) is 101 cm³/mol. The number of nitriles is 1. The predicted octanol–water partition coefficient (Wildman–Crippen LogP) is 3.57. The van der Waals surface area contributed by atoms with E-state index in [9.17, 15) is 9.59 Å². The number of carbonyl (C=O) groups excluding carboxylic acids is 2. The molecule has 0 unspecified atom stereocenters. The lowest BCUT2D eigenvalue weighted by Gasteiger charge is -2.17. The molecule has 0 fully saturated rings. The Morgan fingerprint density at radius 1 is 1.19 bits per heavy atom. The van der Waals surface area contributed by atoms with Crippen LogP contribution in [0.4, 0.5) is 5.69 Å². The number of nitrogens with zero attached hydrogens (tertiary/aromatic N) is 1. The van der Waals surface area contributed by atoms with Gasteiger partial charge in [0.05, 0.1) is 6.07 Å². The normalized spacial score (nSPS) is 12.1. The molecule has 0 saturated heterocycles. The molecule has 0 saturated carbocycles. The smallest absolute Gasteiger partial charge is 0.249 e. The summed E-state index contributed by atoms with van der Waals surface area (Å²) in [5, 5.41) is 11.4. The van der Waals surface area contributed by atoms with Crippen molar-refractivity contribution in [3.05, 3.63) is 58.7 Å². The first-order valence-electron chi connectivity index (χ1n) is 8.33. The molecule has 0 aromatic heterocycles. The summed E-state index contributed by atoms with van der Waals surface area (Å²) >= 11 is 0.